The number of aliphatic imine (C=N–C) groups is 1. The van der Waals surface area contributed by atoms with E-state index in [0.29, 0.717) is 12.6 Å². The molecule has 0 radical (unpaired) electrons. The third-order valence-electron chi connectivity index (χ3n) is 4.86. The number of ether oxygens (including phenoxy) is 1. The van der Waals surface area contributed by atoms with Gasteiger partial charge in [0.05, 0.1) is 19.3 Å². The summed E-state index contributed by atoms with van der Waals surface area (Å²) in [6, 6.07) is 8.95. The highest BCUT2D eigenvalue weighted by molar-refractivity contribution is 9.10. The molecule has 0 amide bonds. The number of halogens is 1. The van der Waals surface area contributed by atoms with Gasteiger partial charge in [-0.25, -0.2) is 0 Å². The normalized spacial score (nSPS) is 24.7. The fourth-order valence-electron chi connectivity index (χ4n) is 3.45. The number of benzene rings is 1. The molecule has 2 fully saturated rings. The Kier molecular flexibility index (Phi) is 7.16. The second-order valence-corrected chi connectivity index (χ2v) is 7.94. The minimum absolute atomic E-state index is 0.187. The molecule has 0 saturated carbocycles. The predicted octanol–water partition coefficient (Wildman–Crippen LogP) is 1.91. The van der Waals surface area contributed by atoms with E-state index >= 15 is 0 Å². The zero-order chi connectivity index (χ0) is 18.4. The van der Waals surface area contributed by atoms with Crippen molar-refractivity contribution in [3.63, 3.8) is 0 Å². The average molecular weight is 424 g/mol. The van der Waals surface area contributed by atoms with Crippen LogP contribution in [-0.4, -0.2) is 75.9 Å². The number of nitrogens with one attached hydrogen (secondary N) is 2. The van der Waals surface area contributed by atoms with Crippen molar-refractivity contribution in [1.29, 1.82) is 0 Å². The molecular formula is C19H30BrN5O. The fourth-order valence-corrected chi connectivity index (χ4v) is 3.71. The Morgan fingerprint density at radius 3 is 2.81 bits per heavy atom. The van der Waals surface area contributed by atoms with Crippen LogP contribution in [0.2, 0.25) is 0 Å². The third-order valence-corrected chi connectivity index (χ3v) is 5.39. The maximum Gasteiger partial charge on any atom is 0.191 e. The van der Waals surface area contributed by atoms with Crippen molar-refractivity contribution in [1.82, 2.24) is 15.5 Å². The number of likely N-dealkylation sites (N-methyl/N-ethyl adjacent to an activating group) is 1. The van der Waals surface area contributed by atoms with Gasteiger partial charge < -0.3 is 25.2 Å². The summed E-state index contributed by atoms with van der Waals surface area (Å²) in [6.07, 6.45) is 1.30. The maximum absolute atomic E-state index is 5.82. The van der Waals surface area contributed by atoms with Crippen molar-refractivity contribution in [2.75, 3.05) is 57.8 Å². The first-order chi connectivity index (χ1) is 12.6. The molecule has 0 bridgehead atoms. The minimum Gasteiger partial charge on any atom is -0.374 e. The summed E-state index contributed by atoms with van der Waals surface area (Å²) in [5, 5.41) is 6.96. The van der Waals surface area contributed by atoms with Crippen LogP contribution in [0.4, 0.5) is 5.69 Å². The van der Waals surface area contributed by atoms with Gasteiger partial charge in [0, 0.05) is 48.9 Å². The van der Waals surface area contributed by atoms with Gasteiger partial charge in [-0.3, -0.25) is 4.99 Å². The van der Waals surface area contributed by atoms with Crippen LogP contribution in [0.15, 0.2) is 33.7 Å². The quantitative estimate of drug-likeness (QED) is 0.559. The highest BCUT2D eigenvalue weighted by atomic mass is 79.9. The topological polar surface area (TPSA) is 52.1 Å². The molecule has 2 saturated heterocycles. The van der Waals surface area contributed by atoms with Gasteiger partial charge in [0.25, 0.3) is 0 Å². The van der Waals surface area contributed by atoms with E-state index in [1.54, 1.807) is 0 Å². The minimum atomic E-state index is 0.187. The molecule has 0 aliphatic carbocycles. The van der Waals surface area contributed by atoms with Gasteiger partial charge in [-0.2, -0.15) is 0 Å². The molecule has 3 rings (SSSR count). The van der Waals surface area contributed by atoms with E-state index in [4.69, 9.17) is 9.73 Å². The second kappa shape index (κ2) is 9.58. The van der Waals surface area contributed by atoms with Gasteiger partial charge in [0.2, 0.25) is 0 Å². The molecule has 2 aliphatic heterocycles. The molecule has 2 unspecified atom stereocenters. The van der Waals surface area contributed by atoms with Crippen LogP contribution in [0.5, 0.6) is 0 Å². The highest BCUT2D eigenvalue weighted by Gasteiger charge is 2.24. The average Bonchev–Trinajstić information content (AvgIpc) is 3.09. The lowest BCUT2D eigenvalue weighted by atomic mass is 10.2. The first-order valence-electron chi connectivity index (χ1n) is 9.49. The SMILES string of the molecule is CCNC(=NCC1CN(C)CCO1)NC1CCN(c2ccc(Br)cc2)C1. The van der Waals surface area contributed by atoms with Gasteiger partial charge in [0.1, 0.15) is 0 Å². The summed E-state index contributed by atoms with van der Waals surface area (Å²) in [7, 11) is 2.14. The van der Waals surface area contributed by atoms with Crippen LogP contribution in [-0.2, 0) is 4.74 Å². The molecule has 2 N–H and O–H groups in total. The van der Waals surface area contributed by atoms with Crippen molar-refractivity contribution in [2.24, 2.45) is 4.99 Å². The molecule has 6 nitrogen and oxygen atoms in total. The molecule has 0 aromatic heterocycles. The van der Waals surface area contributed by atoms with Crippen LogP contribution < -0.4 is 15.5 Å². The lowest BCUT2D eigenvalue weighted by Crippen LogP contribution is -2.46. The Morgan fingerprint density at radius 1 is 1.27 bits per heavy atom. The first kappa shape index (κ1) is 19.5. The van der Waals surface area contributed by atoms with Crippen molar-refractivity contribution < 1.29 is 4.74 Å². The van der Waals surface area contributed by atoms with E-state index in [1.165, 1.54) is 5.69 Å². The smallest absolute Gasteiger partial charge is 0.191 e. The molecule has 144 valence electrons. The van der Waals surface area contributed by atoms with Gasteiger partial charge >= 0.3 is 0 Å². The summed E-state index contributed by atoms with van der Waals surface area (Å²) >= 11 is 3.50. The molecule has 0 spiro atoms. The van der Waals surface area contributed by atoms with Gasteiger partial charge in [-0.05, 0) is 44.7 Å². The van der Waals surface area contributed by atoms with E-state index < -0.39 is 0 Å². The number of anilines is 1. The van der Waals surface area contributed by atoms with Crippen LogP contribution in [0.1, 0.15) is 13.3 Å². The molecule has 1 aromatic rings. The zero-order valence-electron chi connectivity index (χ0n) is 15.7. The number of morpholine rings is 1. The van der Waals surface area contributed by atoms with E-state index in [1.807, 2.05) is 0 Å². The summed E-state index contributed by atoms with van der Waals surface area (Å²) in [5.41, 5.74) is 1.28. The lowest BCUT2D eigenvalue weighted by Gasteiger charge is -2.29. The number of hydrogen-bond acceptors (Lipinski definition) is 4. The summed E-state index contributed by atoms with van der Waals surface area (Å²) in [6.45, 7) is 8.47. The number of rotatable bonds is 5. The Bertz CT molecular complexity index is 594. The Labute approximate surface area is 165 Å². The van der Waals surface area contributed by atoms with Crippen LogP contribution >= 0.6 is 15.9 Å². The standard InChI is InChI=1S/C19H30BrN5O/c1-3-21-19(22-12-18-14-24(2)10-11-26-18)23-16-8-9-25(13-16)17-6-4-15(20)5-7-17/h4-7,16,18H,3,8-14H2,1-2H3,(H2,21,22,23). The van der Waals surface area contributed by atoms with Crippen LogP contribution in [0, 0.1) is 0 Å². The Hall–Kier alpha value is -1.31. The van der Waals surface area contributed by atoms with Crippen molar-refractivity contribution >= 4 is 27.6 Å². The molecule has 1 aromatic carbocycles. The number of hydrogen-bond donors (Lipinski definition) is 2. The van der Waals surface area contributed by atoms with E-state index in [9.17, 15) is 0 Å². The summed E-state index contributed by atoms with van der Waals surface area (Å²) in [4.78, 5) is 9.49. The maximum atomic E-state index is 5.82. The highest BCUT2D eigenvalue weighted by Crippen LogP contribution is 2.22. The molecule has 2 heterocycles. The van der Waals surface area contributed by atoms with Gasteiger partial charge in [-0.1, -0.05) is 15.9 Å². The zero-order valence-corrected chi connectivity index (χ0v) is 17.3. The van der Waals surface area contributed by atoms with E-state index in [0.717, 1.165) is 56.2 Å². The predicted molar refractivity (Wildman–Crippen MR) is 111 cm³/mol. The monoisotopic (exact) mass is 423 g/mol. The summed E-state index contributed by atoms with van der Waals surface area (Å²) < 4.78 is 6.93. The third kappa shape index (κ3) is 5.59. The Morgan fingerprint density at radius 2 is 2.08 bits per heavy atom. The number of nitrogens with zero attached hydrogens (tertiary/aromatic N) is 3. The lowest BCUT2D eigenvalue weighted by molar-refractivity contribution is -0.0136. The second-order valence-electron chi connectivity index (χ2n) is 7.03. The fraction of sp³-hybridized carbons (Fsp3) is 0.632. The molecular weight excluding hydrogens is 394 g/mol. The molecule has 2 aliphatic rings. The Balaban J connectivity index is 1.52. The van der Waals surface area contributed by atoms with E-state index in [2.05, 4.69) is 74.6 Å². The molecule has 2 atom stereocenters. The number of guanidine groups is 1. The van der Waals surface area contributed by atoms with Crippen molar-refractivity contribution in [2.45, 2.75) is 25.5 Å². The van der Waals surface area contributed by atoms with E-state index in [-0.39, 0.29) is 6.10 Å². The van der Waals surface area contributed by atoms with Gasteiger partial charge in [0.15, 0.2) is 5.96 Å². The van der Waals surface area contributed by atoms with Crippen molar-refractivity contribution in [3.8, 4) is 0 Å². The summed E-state index contributed by atoms with van der Waals surface area (Å²) in [5.74, 6) is 0.895. The largest absolute Gasteiger partial charge is 0.374 e. The van der Waals surface area contributed by atoms with Crippen LogP contribution in [0.25, 0.3) is 0 Å². The van der Waals surface area contributed by atoms with Crippen LogP contribution in [0.3, 0.4) is 0 Å². The molecule has 7 heteroatoms. The van der Waals surface area contributed by atoms with Gasteiger partial charge in [-0.15, -0.1) is 0 Å². The first-order valence-corrected chi connectivity index (χ1v) is 10.3. The van der Waals surface area contributed by atoms with Crippen molar-refractivity contribution in [3.05, 3.63) is 28.7 Å². The molecule has 26 heavy (non-hydrogen) atoms.